The van der Waals surface area contributed by atoms with Crippen LogP contribution in [0.25, 0.3) is 0 Å². The standard InChI is InChI=1S/C15H22N2S/c1-5-17-15(4,10-16)11-18-14-8-6-13(7-9-14)12(2)3/h6-9,12,17H,5,11H2,1-4H3. The molecule has 0 heterocycles. The van der Waals surface area contributed by atoms with Gasteiger partial charge in [-0.3, -0.25) is 5.32 Å². The molecule has 0 amide bonds. The van der Waals surface area contributed by atoms with Crippen LogP contribution in [0.15, 0.2) is 29.2 Å². The molecule has 0 saturated carbocycles. The highest BCUT2D eigenvalue weighted by Gasteiger charge is 2.22. The van der Waals surface area contributed by atoms with Crippen LogP contribution in [0.2, 0.25) is 0 Å². The summed E-state index contributed by atoms with van der Waals surface area (Å²) in [5, 5.41) is 12.4. The molecule has 3 heteroatoms. The first kappa shape index (κ1) is 15.1. The summed E-state index contributed by atoms with van der Waals surface area (Å²) in [6.45, 7) is 9.18. The van der Waals surface area contributed by atoms with E-state index < -0.39 is 5.54 Å². The summed E-state index contributed by atoms with van der Waals surface area (Å²) in [5.41, 5.74) is 0.907. The molecule has 1 aromatic carbocycles. The van der Waals surface area contributed by atoms with Crippen LogP contribution in [-0.2, 0) is 0 Å². The maximum absolute atomic E-state index is 9.19. The number of hydrogen-bond donors (Lipinski definition) is 1. The molecule has 1 unspecified atom stereocenters. The smallest absolute Gasteiger partial charge is 0.113 e. The fourth-order valence-electron chi connectivity index (χ4n) is 1.69. The van der Waals surface area contributed by atoms with Crippen LogP contribution in [0, 0.1) is 11.3 Å². The Hall–Kier alpha value is -0.980. The predicted molar refractivity (Wildman–Crippen MR) is 78.9 cm³/mol. The first-order valence-electron chi connectivity index (χ1n) is 6.40. The van der Waals surface area contributed by atoms with E-state index in [0.717, 1.165) is 12.3 Å². The highest BCUT2D eigenvalue weighted by atomic mass is 32.2. The summed E-state index contributed by atoms with van der Waals surface area (Å²) in [4.78, 5) is 1.22. The lowest BCUT2D eigenvalue weighted by Crippen LogP contribution is -2.43. The van der Waals surface area contributed by atoms with Gasteiger partial charge >= 0.3 is 0 Å². The lowest BCUT2D eigenvalue weighted by atomic mass is 10.0. The van der Waals surface area contributed by atoms with Gasteiger partial charge in [0.1, 0.15) is 5.54 Å². The number of benzene rings is 1. The molecule has 1 aromatic rings. The predicted octanol–water partition coefficient (Wildman–Crippen LogP) is 3.79. The number of hydrogen-bond acceptors (Lipinski definition) is 3. The number of nitriles is 1. The minimum absolute atomic E-state index is 0.448. The summed E-state index contributed by atoms with van der Waals surface area (Å²) in [6.07, 6.45) is 0. The van der Waals surface area contributed by atoms with Crippen LogP contribution in [0.1, 0.15) is 39.2 Å². The van der Waals surface area contributed by atoms with Crippen molar-refractivity contribution in [1.29, 1.82) is 5.26 Å². The summed E-state index contributed by atoms with van der Waals surface area (Å²) in [5.74, 6) is 1.33. The van der Waals surface area contributed by atoms with Crippen molar-refractivity contribution in [2.24, 2.45) is 0 Å². The Balaban J connectivity index is 2.61. The lowest BCUT2D eigenvalue weighted by Gasteiger charge is -2.21. The van der Waals surface area contributed by atoms with E-state index in [2.05, 4.69) is 49.5 Å². The quantitative estimate of drug-likeness (QED) is 0.792. The van der Waals surface area contributed by atoms with Crippen molar-refractivity contribution < 1.29 is 0 Å². The Morgan fingerprint density at radius 1 is 1.33 bits per heavy atom. The largest absolute Gasteiger partial charge is 0.299 e. The van der Waals surface area contributed by atoms with E-state index in [1.54, 1.807) is 11.8 Å². The minimum atomic E-state index is -0.448. The average molecular weight is 262 g/mol. The molecular weight excluding hydrogens is 240 g/mol. The zero-order valence-electron chi connectivity index (χ0n) is 11.7. The Labute approximate surface area is 115 Å². The summed E-state index contributed by atoms with van der Waals surface area (Å²) in [6, 6.07) is 11.0. The minimum Gasteiger partial charge on any atom is -0.299 e. The molecule has 0 aliphatic heterocycles. The lowest BCUT2D eigenvalue weighted by molar-refractivity contribution is 0.511. The third kappa shape index (κ3) is 4.36. The second kappa shape index (κ2) is 6.82. The van der Waals surface area contributed by atoms with Crippen molar-refractivity contribution in [2.45, 2.75) is 44.0 Å². The van der Waals surface area contributed by atoms with Crippen LogP contribution in [0.5, 0.6) is 0 Å². The molecule has 0 bridgehead atoms. The van der Waals surface area contributed by atoms with Crippen molar-refractivity contribution >= 4 is 11.8 Å². The van der Waals surface area contributed by atoms with Crippen molar-refractivity contribution in [3.63, 3.8) is 0 Å². The molecule has 0 fully saturated rings. The normalized spacial score (nSPS) is 14.2. The van der Waals surface area contributed by atoms with Gasteiger partial charge in [0.25, 0.3) is 0 Å². The molecule has 1 N–H and O–H groups in total. The zero-order valence-corrected chi connectivity index (χ0v) is 12.5. The maximum Gasteiger partial charge on any atom is 0.113 e. The molecule has 2 nitrogen and oxygen atoms in total. The van der Waals surface area contributed by atoms with Crippen LogP contribution in [0.3, 0.4) is 0 Å². The monoisotopic (exact) mass is 262 g/mol. The van der Waals surface area contributed by atoms with E-state index in [4.69, 9.17) is 0 Å². The van der Waals surface area contributed by atoms with Gasteiger partial charge in [0, 0.05) is 10.6 Å². The van der Waals surface area contributed by atoms with E-state index in [0.29, 0.717) is 5.92 Å². The molecule has 18 heavy (non-hydrogen) atoms. The number of nitrogens with one attached hydrogen (secondary N) is 1. The van der Waals surface area contributed by atoms with E-state index in [1.165, 1.54) is 10.5 Å². The fourth-order valence-corrected chi connectivity index (χ4v) is 2.64. The molecule has 0 spiro atoms. The Kier molecular flexibility index (Phi) is 5.71. The van der Waals surface area contributed by atoms with Crippen molar-refractivity contribution in [3.8, 4) is 6.07 Å². The van der Waals surface area contributed by atoms with E-state index >= 15 is 0 Å². The molecule has 0 aromatic heterocycles. The van der Waals surface area contributed by atoms with Gasteiger partial charge in [-0.25, -0.2) is 0 Å². The summed E-state index contributed by atoms with van der Waals surface area (Å²) in [7, 11) is 0. The molecular formula is C15H22N2S. The van der Waals surface area contributed by atoms with Crippen LogP contribution in [0.4, 0.5) is 0 Å². The van der Waals surface area contributed by atoms with Crippen LogP contribution in [-0.4, -0.2) is 17.8 Å². The zero-order chi connectivity index (χ0) is 13.6. The Morgan fingerprint density at radius 3 is 2.39 bits per heavy atom. The molecule has 0 radical (unpaired) electrons. The Bertz CT molecular complexity index is 405. The van der Waals surface area contributed by atoms with Crippen molar-refractivity contribution in [2.75, 3.05) is 12.3 Å². The third-order valence-corrected chi connectivity index (χ3v) is 4.22. The second-order valence-electron chi connectivity index (χ2n) is 4.99. The Morgan fingerprint density at radius 2 is 1.94 bits per heavy atom. The number of rotatable bonds is 6. The first-order chi connectivity index (χ1) is 8.50. The van der Waals surface area contributed by atoms with Crippen LogP contribution >= 0.6 is 11.8 Å². The topological polar surface area (TPSA) is 35.8 Å². The summed E-state index contributed by atoms with van der Waals surface area (Å²) >= 11 is 1.73. The van der Waals surface area contributed by atoms with Gasteiger partial charge in [0.05, 0.1) is 6.07 Å². The van der Waals surface area contributed by atoms with E-state index in [-0.39, 0.29) is 0 Å². The molecule has 0 saturated heterocycles. The van der Waals surface area contributed by atoms with Crippen molar-refractivity contribution in [1.82, 2.24) is 5.32 Å². The fraction of sp³-hybridized carbons (Fsp3) is 0.533. The molecule has 0 aliphatic carbocycles. The first-order valence-corrected chi connectivity index (χ1v) is 7.38. The van der Waals surface area contributed by atoms with E-state index in [9.17, 15) is 5.26 Å². The van der Waals surface area contributed by atoms with Crippen molar-refractivity contribution in [3.05, 3.63) is 29.8 Å². The van der Waals surface area contributed by atoms with Gasteiger partial charge in [-0.05, 0) is 37.1 Å². The van der Waals surface area contributed by atoms with Gasteiger partial charge in [0.15, 0.2) is 0 Å². The third-order valence-electron chi connectivity index (χ3n) is 2.89. The number of nitrogens with zero attached hydrogens (tertiary/aromatic N) is 1. The molecule has 98 valence electrons. The summed E-state index contributed by atoms with van der Waals surface area (Å²) < 4.78 is 0. The van der Waals surface area contributed by atoms with Gasteiger partial charge in [-0.1, -0.05) is 32.9 Å². The average Bonchev–Trinajstić information content (AvgIpc) is 2.37. The molecule has 1 rings (SSSR count). The molecule has 1 atom stereocenters. The van der Waals surface area contributed by atoms with Gasteiger partial charge in [-0.2, -0.15) is 5.26 Å². The number of thioether (sulfide) groups is 1. The SMILES string of the molecule is CCNC(C)(C#N)CSc1ccc(C(C)C)cc1. The van der Waals surface area contributed by atoms with Gasteiger partial charge < -0.3 is 0 Å². The van der Waals surface area contributed by atoms with Crippen LogP contribution < -0.4 is 5.32 Å². The van der Waals surface area contributed by atoms with Gasteiger partial charge in [-0.15, -0.1) is 11.8 Å². The highest BCUT2D eigenvalue weighted by Crippen LogP contribution is 2.24. The molecule has 0 aliphatic rings. The second-order valence-corrected chi connectivity index (χ2v) is 6.04. The van der Waals surface area contributed by atoms with Gasteiger partial charge in [0.2, 0.25) is 0 Å². The van der Waals surface area contributed by atoms with E-state index in [1.807, 2.05) is 13.8 Å². The highest BCUT2D eigenvalue weighted by molar-refractivity contribution is 7.99. The maximum atomic E-state index is 9.19.